The van der Waals surface area contributed by atoms with Crippen molar-refractivity contribution in [1.82, 2.24) is 5.32 Å². The van der Waals surface area contributed by atoms with Crippen LogP contribution in [0.2, 0.25) is 0 Å². The number of amides is 1. The average molecular weight is 222 g/mol. The molecule has 5 nitrogen and oxygen atoms in total. The summed E-state index contributed by atoms with van der Waals surface area (Å²) in [6.45, 7) is 1.65. The van der Waals surface area contributed by atoms with Gasteiger partial charge in [0.2, 0.25) is 5.91 Å². The first kappa shape index (κ1) is 10.9. The van der Waals surface area contributed by atoms with E-state index < -0.39 is 0 Å². The first-order valence-electron chi connectivity index (χ1n) is 5.17. The van der Waals surface area contributed by atoms with Gasteiger partial charge in [0.05, 0.1) is 18.9 Å². The van der Waals surface area contributed by atoms with Gasteiger partial charge < -0.3 is 20.5 Å². The van der Waals surface area contributed by atoms with E-state index in [2.05, 4.69) is 10.6 Å². The van der Waals surface area contributed by atoms with Crippen LogP contribution in [0.15, 0.2) is 24.3 Å². The summed E-state index contributed by atoms with van der Waals surface area (Å²) >= 11 is 0. The second-order valence-corrected chi connectivity index (χ2v) is 3.59. The number of nitrogens with one attached hydrogen (secondary N) is 2. The molecule has 0 unspecified atom stereocenters. The van der Waals surface area contributed by atoms with E-state index >= 15 is 0 Å². The summed E-state index contributed by atoms with van der Waals surface area (Å²) < 4.78 is 5.19. The molecule has 0 aromatic heterocycles. The van der Waals surface area contributed by atoms with Gasteiger partial charge in [0.1, 0.15) is 11.8 Å². The quantitative estimate of drug-likeness (QED) is 0.630. The van der Waals surface area contributed by atoms with Gasteiger partial charge >= 0.3 is 0 Å². The summed E-state index contributed by atoms with van der Waals surface area (Å²) in [6, 6.07) is 6.28. The highest BCUT2D eigenvalue weighted by atomic mass is 16.5. The van der Waals surface area contributed by atoms with Crippen LogP contribution in [0.1, 0.15) is 0 Å². The van der Waals surface area contributed by atoms with Crippen molar-refractivity contribution in [1.29, 1.82) is 0 Å². The number of aromatic hydroxyl groups is 1. The van der Waals surface area contributed by atoms with Crippen molar-refractivity contribution in [2.45, 2.75) is 6.04 Å². The highest BCUT2D eigenvalue weighted by Crippen LogP contribution is 2.21. The van der Waals surface area contributed by atoms with E-state index in [0.717, 1.165) is 0 Å². The molecule has 1 atom stereocenters. The van der Waals surface area contributed by atoms with Gasteiger partial charge in [0.15, 0.2) is 0 Å². The minimum atomic E-state index is -0.353. The summed E-state index contributed by atoms with van der Waals surface area (Å²) in [5, 5.41) is 15.2. The number of carbonyl (C=O) groups is 1. The second-order valence-electron chi connectivity index (χ2n) is 3.59. The number of carbonyl (C=O) groups excluding carboxylic acids is 1. The van der Waals surface area contributed by atoms with Crippen LogP contribution in [-0.4, -0.2) is 36.8 Å². The van der Waals surface area contributed by atoms with Crippen LogP contribution >= 0.6 is 0 Å². The third-order valence-electron chi connectivity index (χ3n) is 2.40. The lowest BCUT2D eigenvalue weighted by Gasteiger charge is -2.23. The number of hydrogen-bond donors (Lipinski definition) is 3. The molecule has 1 heterocycles. The van der Waals surface area contributed by atoms with Crippen LogP contribution in [0.4, 0.5) is 5.69 Å². The monoisotopic (exact) mass is 222 g/mol. The van der Waals surface area contributed by atoms with Gasteiger partial charge in [-0.25, -0.2) is 0 Å². The van der Waals surface area contributed by atoms with Crippen LogP contribution in [0.5, 0.6) is 5.75 Å². The van der Waals surface area contributed by atoms with Crippen LogP contribution in [0, 0.1) is 0 Å². The number of morpholine rings is 1. The van der Waals surface area contributed by atoms with Crippen molar-refractivity contribution in [3.05, 3.63) is 24.3 Å². The topological polar surface area (TPSA) is 70.6 Å². The molecule has 1 aliphatic rings. The van der Waals surface area contributed by atoms with E-state index in [9.17, 15) is 9.90 Å². The number of phenolic OH excluding ortho intramolecular Hbond substituents is 1. The largest absolute Gasteiger partial charge is 0.506 e. The fourth-order valence-corrected chi connectivity index (χ4v) is 1.53. The van der Waals surface area contributed by atoms with Crippen molar-refractivity contribution in [2.24, 2.45) is 0 Å². The van der Waals surface area contributed by atoms with Crippen LogP contribution in [-0.2, 0) is 9.53 Å². The van der Waals surface area contributed by atoms with Gasteiger partial charge in [-0.2, -0.15) is 0 Å². The summed E-state index contributed by atoms with van der Waals surface area (Å²) in [4.78, 5) is 11.8. The Morgan fingerprint density at radius 2 is 2.31 bits per heavy atom. The van der Waals surface area contributed by atoms with E-state index in [-0.39, 0.29) is 17.7 Å². The Morgan fingerprint density at radius 3 is 3.00 bits per heavy atom. The van der Waals surface area contributed by atoms with E-state index in [1.54, 1.807) is 18.2 Å². The van der Waals surface area contributed by atoms with Gasteiger partial charge in [-0.1, -0.05) is 12.1 Å². The fraction of sp³-hybridized carbons (Fsp3) is 0.364. The molecule has 0 spiro atoms. The van der Waals surface area contributed by atoms with E-state index in [4.69, 9.17) is 4.74 Å². The Hall–Kier alpha value is -1.59. The van der Waals surface area contributed by atoms with Crippen molar-refractivity contribution in [3.63, 3.8) is 0 Å². The zero-order valence-electron chi connectivity index (χ0n) is 8.77. The SMILES string of the molecule is O=C(Nc1ccccc1O)[C@H]1COCCN1. The molecule has 0 aliphatic carbocycles. The average Bonchev–Trinajstić information content (AvgIpc) is 2.33. The maximum atomic E-state index is 11.8. The summed E-state index contributed by atoms with van der Waals surface area (Å²) in [7, 11) is 0. The lowest BCUT2D eigenvalue weighted by atomic mass is 10.2. The molecule has 1 saturated heterocycles. The highest BCUT2D eigenvalue weighted by Gasteiger charge is 2.21. The van der Waals surface area contributed by atoms with Gasteiger partial charge in [-0.05, 0) is 12.1 Å². The first-order chi connectivity index (χ1) is 7.77. The normalized spacial score (nSPS) is 20.4. The molecule has 1 amide bonds. The van der Waals surface area contributed by atoms with Crippen molar-refractivity contribution in [2.75, 3.05) is 25.1 Å². The predicted molar refractivity (Wildman–Crippen MR) is 59.3 cm³/mol. The summed E-state index contributed by atoms with van der Waals surface area (Å²) in [5.41, 5.74) is 0.417. The molecule has 5 heteroatoms. The lowest BCUT2D eigenvalue weighted by molar-refractivity contribution is -0.120. The molecule has 1 fully saturated rings. The Labute approximate surface area is 93.4 Å². The molecule has 0 saturated carbocycles. The number of rotatable bonds is 2. The Bertz CT molecular complexity index is 375. The summed E-state index contributed by atoms with van der Waals surface area (Å²) in [6.07, 6.45) is 0. The van der Waals surface area contributed by atoms with E-state index in [1.165, 1.54) is 6.07 Å². The third-order valence-corrected chi connectivity index (χ3v) is 2.40. The number of para-hydroxylation sites is 2. The summed E-state index contributed by atoms with van der Waals surface area (Å²) in [5.74, 6) is -0.131. The Balaban J connectivity index is 1.99. The molecule has 16 heavy (non-hydrogen) atoms. The standard InChI is InChI=1S/C11H14N2O3/c14-10-4-2-1-3-8(10)13-11(15)9-7-16-6-5-12-9/h1-4,9,12,14H,5-7H2,(H,13,15)/t9-/m1/s1. The van der Waals surface area contributed by atoms with Crippen LogP contribution in [0.25, 0.3) is 0 Å². The smallest absolute Gasteiger partial charge is 0.244 e. The maximum Gasteiger partial charge on any atom is 0.244 e. The molecular formula is C11H14N2O3. The number of phenols is 1. The zero-order chi connectivity index (χ0) is 11.4. The fourth-order valence-electron chi connectivity index (χ4n) is 1.53. The zero-order valence-corrected chi connectivity index (χ0v) is 8.77. The first-order valence-corrected chi connectivity index (χ1v) is 5.17. The van der Waals surface area contributed by atoms with Crippen molar-refractivity contribution < 1.29 is 14.6 Å². The van der Waals surface area contributed by atoms with Crippen LogP contribution in [0.3, 0.4) is 0 Å². The minimum absolute atomic E-state index is 0.0626. The predicted octanol–water partition coefficient (Wildman–Crippen LogP) is 0.319. The third kappa shape index (κ3) is 2.50. The molecule has 2 rings (SSSR count). The number of hydrogen-bond acceptors (Lipinski definition) is 4. The molecule has 1 aliphatic heterocycles. The van der Waals surface area contributed by atoms with Crippen LogP contribution < -0.4 is 10.6 Å². The number of benzene rings is 1. The van der Waals surface area contributed by atoms with Crippen molar-refractivity contribution >= 4 is 11.6 Å². The number of anilines is 1. The van der Waals surface area contributed by atoms with E-state index in [0.29, 0.717) is 25.4 Å². The van der Waals surface area contributed by atoms with Gasteiger partial charge in [-0.3, -0.25) is 4.79 Å². The minimum Gasteiger partial charge on any atom is -0.506 e. The van der Waals surface area contributed by atoms with E-state index in [1.807, 2.05) is 0 Å². The molecule has 0 bridgehead atoms. The molecule has 0 radical (unpaired) electrons. The van der Waals surface area contributed by atoms with Gasteiger partial charge in [-0.15, -0.1) is 0 Å². The molecule has 1 aromatic carbocycles. The molecule has 1 aromatic rings. The van der Waals surface area contributed by atoms with Gasteiger partial charge in [0, 0.05) is 6.54 Å². The molecule has 86 valence electrons. The van der Waals surface area contributed by atoms with Gasteiger partial charge in [0.25, 0.3) is 0 Å². The Morgan fingerprint density at radius 1 is 1.50 bits per heavy atom. The molecule has 3 N–H and O–H groups in total. The highest BCUT2D eigenvalue weighted by molar-refractivity contribution is 5.96. The molecular weight excluding hydrogens is 208 g/mol. The number of ether oxygens (including phenoxy) is 1. The maximum absolute atomic E-state index is 11.8. The van der Waals surface area contributed by atoms with Crippen molar-refractivity contribution in [3.8, 4) is 5.75 Å². The Kier molecular flexibility index (Phi) is 3.38. The lowest BCUT2D eigenvalue weighted by Crippen LogP contribution is -2.48. The second kappa shape index (κ2) is 4.96.